The zero-order valence-electron chi connectivity index (χ0n) is 12.0. The second-order valence-corrected chi connectivity index (χ2v) is 9.46. The van der Waals surface area contributed by atoms with Gasteiger partial charge in [-0.15, -0.1) is 0 Å². The molecule has 17 heavy (non-hydrogen) atoms. The maximum atomic E-state index is 2.29. The SMILES string of the molecule is CC(C)SCCCCSCCCCSC(C)C. The molecule has 0 fully saturated rings. The highest BCUT2D eigenvalue weighted by atomic mass is 32.2. The van der Waals surface area contributed by atoms with E-state index in [1.165, 1.54) is 48.7 Å². The molecule has 3 heteroatoms. The summed E-state index contributed by atoms with van der Waals surface area (Å²) in [6.45, 7) is 9.15. The summed E-state index contributed by atoms with van der Waals surface area (Å²) in [6.07, 6.45) is 5.62. The molecule has 0 nitrogen and oxygen atoms in total. The molecule has 0 heterocycles. The molecule has 0 saturated carbocycles. The zero-order chi connectivity index (χ0) is 12.9. The molecule has 104 valence electrons. The minimum atomic E-state index is 0.807. The molecule has 0 aliphatic carbocycles. The Labute approximate surface area is 122 Å². The standard InChI is InChI=1S/C14H30S3/c1-13(2)16-11-7-5-9-15-10-6-8-12-17-14(3)4/h13-14H,5-12H2,1-4H3. The predicted molar refractivity (Wildman–Crippen MR) is 91.0 cm³/mol. The van der Waals surface area contributed by atoms with Gasteiger partial charge in [-0.25, -0.2) is 0 Å². The molecule has 0 saturated heterocycles. The molecule has 0 unspecified atom stereocenters. The van der Waals surface area contributed by atoms with Gasteiger partial charge >= 0.3 is 0 Å². The minimum absolute atomic E-state index is 0.807. The molecule has 0 atom stereocenters. The van der Waals surface area contributed by atoms with Crippen molar-refractivity contribution in [2.75, 3.05) is 23.0 Å². The Bertz CT molecular complexity index is 130. The molecule has 0 bridgehead atoms. The van der Waals surface area contributed by atoms with Gasteiger partial charge in [0.25, 0.3) is 0 Å². The Hall–Kier alpha value is 1.05. The number of hydrogen-bond acceptors (Lipinski definition) is 3. The quantitative estimate of drug-likeness (QED) is 0.432. The van der Waals surface area contributed by atoms with Gasteiger partial charge in [-0.3, -0.25) is 0 Å². The first-order valence-electron chi connectivity index (χ1n) is 6.94. The Balaban J connectivity index is 2.94. The molecule has 0 rings (SSSR count). The maximum Gasteiger partial charge on any atom is -0.000968 e. The van der Waals surface area contributed by atoms with E-state index in [9.17, 15) is 0 Å². The molecule has 0 radical (unpaired) electrons. The van der Waals surface area contributed by atoms with Gasteiger partial charge in [-0.05, 0) is 59.2 Å². The summed E-state index contributed by atoms with van der Waals surface area (Å²) in [4.78, 5) is 0. The van der Waals surface area contributed by atoms with E-state index in [4.69, 9.17) is 0 Å². The predicted octanol–water partition coefficient (Wildman–Crippen LogP) is 5.56. The van der Waals surface area contributed by atoms with Gasteiger partial charge in [0.15, 0.2) is 0 Å². The number of rotatable bonds is 12. The van der Waals surface area contributed by atoms with E-state index >= 15 is 0 Å². The molecule has 0 aromatic rings. The van der Waals surface area contributed by atoms with Crippen molar-refractivity contribution >= 4 is 35.3 Å². The summed E-state index contributed by atoms with van der Waals surface area (Å²) in [7, 11) is 0. The highest BCUT2D eigenvalue weighted by Gasteiger charge is 1.96. The fourth-order valence-corrected chi connectivity index (χ4v) is 4.06. The van der Waals surface area contributed by atoms with Crippen molar-refractivity contribution in [2.24, 2.45) is 0 Å². The third-order valence-electron chi connectivity index (χ3n) is 2.27. The maximum absolute atomic E-state index is 2.29. The lowest BCUT2D eigenvalue weighted by molar-refractivity contribution is 0.886. The van der Waals surface area contributed by atoms with Crippen LogP contribution >= 0.6 is 35.3 Å². The van der Waals surface area contributed by atoms with Crippen LogP contribution in [0, 0.1) is 0 Å². The van der Waals surface area contributed by atoms with Gasteiger partial charge in [-0.1, -0.05) is 27.7 Å². The van der Waals surface area contributed by atoms with Crippen LogP contribution < -0.4 is 0 Å². The minimum Gasteiger partial charge on any atom is -0.162 e. The number of hydrogen-bond donors (Lipinski definition) is 0. The summed E-state index contributed by atoms with van der Waals surface area (Å²) in [5.41, 5.74) is 0. The van der Waals surface area contributed by atoms with Crippen molar-refractivity contribution in [3.05, 3.63) is 0 Å². The Morgan fingerprint density at radius 1 is 0.588 bits per heavy atom. The van der Waals surface area contributed by atoms with Crippen molar-refractivity contribution in [2.45, 2.75) is 63.9 Å². The van der Waals surface area contributed by atoms with E-state index in [0.717, 1.165) is 10.5 Å². The molecule has 0 aliphatic rings. The van der Waals surface area contributed by atoms with Crippen LogP contribution in [0.2, 0.25) is 0 Å². The largest absolute Gasteiger partial charge is 0.162 e. The smallest absolute Gasteiger partial charge is 0.000968 e. The van der Waals surface area contributed by atoms with Gasteiger partial charge < -0.3 is 0 Å². The van der Waals surface area contributed by atoms with E-state index in [-0.39, 0.29) is 0 Å². The van der Waals surface area contributed by atoms with Crippen molar-refractivity contribution in [1.82, 2.24) is 0 Å². The molecular formula is C14H30S3. The van der Waals surface area contributed by atoms with Crippen LogP contribution in [-0.2, 0) is 0 Å². The highest BCUT2D eigenvalue weighted by molar-refractivity contribution is 8.00. The fraction of sp³-hybridized carbons (Fsp3) is 1.00. The Morgan fingerprint density at radius 2 is 0.941 bits per heavy atom. The zero-order valence-corrected chi connectivity index (χ0v) is 14.5. The van der Waals surface area contributed by atoms with Crippen LogP contribution in [0.15, 0.2) is 0 Å². The van der Waals surface area contributed by atoms with Gasteiger partial charge in [0, 0.05) is 0 Å². The lowest BCUT2D eigenvalue weighted by atomic mass is 10.4. The molecule has 0 aromatic heterocycles. The van der Waals surface area contributed by atoms with Crippen molar-refractivity contribution in [1.29, 1.82) is 0 Å². The summed E-state index contributed by atoms with van der Waals surface area (Å²) in [5.74, 6) is 5.44. The lowest BCUT2D eigenvalue weighted by Crippen LogP contribution is -1.93. The first-order chi connectivity index (χ1) is 8.13. The lowest BCUT2D eigenvalue weighted by Gasteiger charge is -2.05. The summed E-state index contributed by atoms with van der Waals surface area (Å²) in [5, 5.41) is 1.61. The van der Waals surface area contributed by atoms with E-state index in [1.807, 2.05) is 0 Å². The van der Waals surface area contributed by atoms with Gasteiger partial charge in [0.2, 0.25) is 0 Å². The second-order valence-electron chi connectivity index (χ2n) is 4.87. The van der Waals surface area contributed by atoms with E-state index in [2.05, 4.69) is 63.0 Å². The van der Waals surface area contributed by atoms with Crippen LogP contribution in [0.4, 0.5) is 0 Å². The molecule has 0 aromatic carbocycles. The summed E-state index contributed by atoms with van der Waals surface area (Å²) in [6, 6.07) is 0. The van der Waals surface area contributed by atoms with Crippen LogP contribution in [0.5, 0.6) is 0 Å². The first kappa shape index (κ1) is 18.0. The van der Waals surface area contributed by atoms with Gasteiger partial charge in [0.05, 0.1) is 0 Å². The van der Waals surface area contributed by atoms with E-state index in [1.54, 1.807) is 0 Å². The summed E-state index contributed by atoms with van der Waals surface area (Å²) >= 11 is 6.35. The fourth-order valence-electron chi connectivity index (χ4n) is 1.35. The average molecular weight is 295 g/mol. The molecule has 0 N–H and O–H groups in total. The van der Waals surface area contributed by atoms with Crippen molar-refractivity contribution < 1.29 is 0 Å². The molecular weight excluding hydrogens is 264 g/mol. The van der Waals surface area contributed by atoms with Crippen LogP contribution in [-0.4, -0.2) is 33.5 Å². The van der Waals surface area contributed by atoms with Crippen molar-refractivity contribution in [3.63, 3.8) is 0 Å². The Kier molecular flexibility index (Phi) is 14.3. The third-order valence-corrected chi connectivity index (χ3v) is 5.81. The average Bonchev–Trinajstić information content (AvgIpc) is 2.25. The Morgan fingerprint density at radius 3 is 1.29 bits per heavy atom. The van der Waals surface area contributed by atoms with Crippen LogP contribution in [0.1, 0.15) is 53.4 Å². The first-order valence-corrected chi connectivity index (χ1v) is 10.2. The number of thioether (sulfide) groups is 3. The summed E-state index contributed by atoms with van der Waals surface area (Å²) < 4.78 is 0. The monoisotopic (exact) mass is 294 g/mol. The topological polar surface area (TPSA) is 0 Å². The molecule has 0 amide bonds. The van der Waals surface area contributed by atoms with Crippen molar-refractivity contribution in [3.8, 4) is 0 Å². The van der Waals surface area contributed by atoms with Gasteiger partial charge in [-0.2, -0.15) is 35.3 Å². The number of unbranched alkanes of at least 4 members (excludes halogenated alkanes) is 2. The highest BCUT2D eigenvalue weighted by Crippen LogP contribution is 2.15. The van der Waals surface area contributed by atoms with Gasteiger partial charge in [0.1, 0.15) is 0 Å². The van der Waals surface area contributed by atoms with E-state index < -0.39 is 0 Å². The molecule has 0 spiro atoms. The third kappa shape index (κ3) is 17.1. The molecule has 0 aliphatic heterocycles. The van der Waals surface area contributed by atoms with E-state index in [0.29, 0.717) is 0 Å². The van der Waals surface area contributed by atoms with Crippen LogP contribution in [0.25, 0.3) is 0 Å². The normalized spacial score (nSPS) is 11.6. The van der Waals surface area contributed by atoms with Crippen LogP contribution in [0.3, 0.4) is 0 Å². The second kappa shape index (κ2) is 13.5.